The van der Waals surface area contributed by atoms with Crippen molar-refractivity contribution in [1.82, 2.24) is 24.5 Å². The first-order valence-electron chi connectivity index (χ1n) is 4.24. The van der Waals surface area contributed by atoms with E-state index >= 15 is 0 Å². The molecule has 8 nitrogen and oxygen atoms in total. The summed E-state index contributed by atoms with van der Waals surface area (Å²) in [6.07, 6.45) is 1.40. The van der Waals surface area contributed by atoms with E-state index in [1.807, 2.05) is 0 Å². The van der Waals surface area contributed by atoms with E-state index in [1.54, 1.807) is 7.05 Å². The maximum absolute atomic E-state index is 11.4. The Hall–Kier alpha value is -2.16. The van der Waals surface area contributed by atoms with Crippen molar-refractivity contribution in [3.63, 3.8) is 0 Å². The fourth-order valence-corrected chi connectivity index (χ4v) is 1.52. The number of hydrogen-bond donors (Lipinski definition) is 3. The van der Waals surface area contributed by atoms with Crippen LogP contribution in [0.1, 0.15) is 5.56 Å². The van der Waals surface area contributed by atoms with Crippen LogP contribution in [-0.4, -0.2) is 29.5 Å². The summed E-state index contributed by atoms with van der Waals surface area (Å²) in [4.78, 5) is 22.9. The van der Waals surface area contributed by atoms with E-state index in [-0.39, 0.29) is 10.8 Å². The Morgan fingerprint density at radius 3 is 2.50 bits per heavy atom. The highest BCUT2D eigenvalue weighted by molar-refractivity contribution is 7.80. The summed E-state index contributed by atoms with van der Waals surface area (Å²) in [5.41, 5.74) is 4.63. The topological polar surface area (TPSA) is 114 Å². The van der Waals surface area contributed by atoms with Gasteiger partial charge in [0.1, 0.15) is 4.99 Å². The van der Waals surface area contributed by atoms with Gasteiger partial charge in [-0.25, -0.2) is 19.8 Å². The first-order valence-corrected chi connectivity index (χ1v) is 4.65. The molecule has 2 aromatic rings. The highest BCUT2D eigenvalue weighted by Crippen LogP contribution is 2.09. The van der Waals surface area contributed by atoms with Crippen LogP contribution < -0.4 is 17.1 Å². The number of aryl methyl sites for hydroxylation is 1. The average molecular weight is 240 g/mol. The molecular weight excluding hydrogens is 232 g/mol. The van der Waals surface area contributed by atoms with E-state index in [4.69, 9.17) is 18.0 Å². The third kappa shape index (κ3) is 1.37. The van der Waals surface area contributed by atoms with E-state index in [1.165, 1.54) is 10.9 Å². The number of nitrogens with zero attached hydrogens (tertiary/aromatic N) is 3. The Morgan fingerprint density at radius 1 is 1.44 bits per heavy atom. The van der Waals surface area contributed by atoms with Gasteiger partial charge in [0, 0.05) is 7.05 Å². The van der Waals surface area contributed by atoms with Crippen molar-refractivity contribution in [3.05, 3.63) is 32.7 Å². The van der Waals surface area contributed by atoms with Gasteiger partial charge in [-0.2, -0.15) is 9.67 Å². The lowest BCUT2D eigenvalue weighted by Crippen LogP contribution is -2.29. The van der Waals surface area contributed by atoms with Crippen LogP contribution in [0, 0.1) is 0 Å². The number of rotatable bonds is 2. The molecule has 0 fully saturated rings. The lowest BCUT2D eigenvalue weighted by atomic mass is 10.3. The van der Waals surface area contributed by atoms with Gasteiger partial charge in [0.25, 0.3) is 0 Å². The number of H-pyrrole nitrogens is 2. The van der Waals surface area contributed by atoms with Crippen molar-refractivity contribution in [2.24, 2.45) is 12.8 Å². The Balaban J connectivity index is 2.83. The molecule has 2 aromatic heterocycles. The van der Waals surface area contributed by atoms with E-state index in [9.17, 15) is 9.59 Å². The lowest BCUT2D eigenvalue weighted by molar-refractivity contribution is 0.714. The molecule has 0 unspecified atom stereocenters. The van der Waals surface area contributed by atoms with E-state index in [2.05, 4.69) is 15.3 Å². The normalized spacial score (nSPS) is 10.6. The molecule has 16 heavy (non-hydrogen) atoms. The van der Waals surface area contributed by atoms with Crippen LogP contribution in [0.15, 0.2) is 15.8 Å². The van der Waals surface area contributed by atoms with Crippen molar-refractivity contribution in [3.8, 4) is 5.82 Å². The standard InChI is InChI=1S/C7H8N6O2S/c1-12-5(3(2-9-12)4(8)16)13-6(14)10-11-7(13)15/h2H,1H3,(H2,8,16)(H,10,14)(H,11,15). The first kappa shape index (κ1) is 10.4. The number of nitrogens with two attached hydrogens (primary N) is 1. The molecule has 0 bridgehead atoms. The molecule has 0 radical (unpaired) electrons. The van der Waals surface area contributed by atoms with Gasteiger partial charge in [-0.05, 0) is 0 Å². The molecule has 0 atom stereocenters. The zero-order valence-electron chi connectivity index (χ0n) is 8.22. The van der Waals surface area contributed by atoms with Gasteiger partial charge in [0.2, 0.25) is 0 Å². The van der Waals surface area contributed by atoms with Gasteiger partial charge in [-0.15, -0.1) is 0 Å². The summed E-state index contributed by atoms with van der Waals surface area (Å²) in [5.74, 6) is 0.236. The number of nitrogens with one attached hydrogen (secondary N) is 2. The summed E-state index contributed by atoms with van der Waals surface area (Å²) in [7, 11) is 1.58. The number of aromatic amines is 2. The molecule has 2 rings (SSSR count). The Labute approximate surface area is 93.7 Å². The molecule has 0 aliphatic carbocycles. The fraction of sp³-hybridized carbons (Fsp3) is 0.143. The molecule has 0 aliphatic heterocycles. The van der Waals surface area contributed by atoms with Gasteiger partial charge >= 0.3 is 11.4 Å². The Kier molecular flexibility index (Phi) is 2.23. The summed E-state index contributed by atoms with van der Waals surface area (Å²) < 4.78 is 2.22. The Morgan fingerprint density at radius 2 is 2.00 bits per heavy atom. The molecular formula is C7H8N6O2S. The highest BCUT2D eigenvalue weighted by atomic mass is 32.1. The van der Waals surface area contributed by atoms with E-state index in [0.29, 0.717) is 5.56 Å². The van der Waals surface area contributed by atoms with Crippen molar-refractivity contribution in [2.75, 3.05) is 0 Å². The number of aromatic nitrogens is 5. The minimum absolute atomic E-state index is 0.0654. The number of thiocarbonyl (C=S) groups is 1. The smallest absolute Gasteiger partial charge is 0.350 e. The molecule has 9 heteroatoms. The second-order valence-corrected chi connectivity index (χ2v) is 3.51. The van der Waals surface area contributed by atoms with Gasteiger partial charge in [-0.3, -0.25) is 4.68 Å². The van der Waals surface area contributed by atoms with E-state index in [0.717, 1.165) is 4.57 Å². The molecule has 0 amide bonds. The molecule has 2 heterocycles. The maximum Gasteiger partial charge on any atom is 0.350 e. The van der Waals surface area contributed by atoms with Crippen molar-refractivity contribution < 1.29 is 0 Å². The summed E-state index contributed by atoms with van der Waals surface area (Å²) in [5, 5.41) is 8.23. The zero-order chi connectivity index (χ0) is 11.9. The monoisotopic (exact) mass is 240 g/mol. The molecule has 0 aromatic carbocycles. The van der Waals surface area contributed by atoms with Crippen LogP contribution in [-0.2, 0) is 7.05 Å². The van der Waals surface area contributed by atoms with Crippen LogP contribution in [0.3, 0.4) is 0 Å². The minimum atomic E-state index is -0.605. The Bertz CT molecular complexity index is 631. The van der Waals surface area contributed by atoms with Gasteiger partial charge in [0.15, 0.2) is 5.82 Å². The van der Waals surface area contributed by atoms with Crippen molar-refractivity contribution in [1.29, 1.82) is 0 Å². The summed E-state index contributed by atoms with van der Waals surface area (Å²) >= 11 is 4.81. The zero-order valence-corrected chi connectivity index (χ0v) is 9.04. The van der Waals surface area contributed by atoms with Crippen LogP contribution in [0.2, 0.25) is 0 Å². The largest absolute Gasteiger partial charge is 0.389 e. The predicted octanol–water partition coefficient (Wildman–Crippen LogP) is -1.78. The second kappa shape index (κ2) is 3.45. The minimum Gasteiger partial charge on any atom is -0.389 e. The molecule has 0 aliphatic rings. The highest BCUT2D eigenvalue weighted by Gasteiger charge is 2.17. The molecule has 4 N–H and O–H groups in total. The molecule has 0 spiro atoms. The first-order chi connectivity index (χ1) is 7.52. The van der Waals surface area contributed by atoms with Crippen LogP contribution >= 0.6 is 12.2 Å². The average Bonchev–Trinajstić information content (AvgIpc) is 2.71. The summed E-state index contributed by atoms with van der Waals surface area (Å²) in [6.45, 7) is 0. The van der Waals surface area contributed by atoms with Crippen LogP contribution in [0.5, 0.6) is 0 Å². The fourth-order valence-electron chi connectivity index (χ4n) is 1.37. The second-order valence-electron chi connectivity index (χ2n) is 3.07. The van der Waals surface area contributed by atoms with Gasteiger partial charge < -0.3 is 5.73 Å². The lowest BCUT2D eigenvalue weighted by Gasteiger charge is -2.02. The SMILES string of the molecule is Cn1ncc(C(N)=S)c1-n1c(=O)[nH][nH]c1=O. The third-order valence-corrected chi connectivity index (χ3v) is 2.29. The predicted molar refractivity (Wildman–Crippen MR) is 59.7 cm³/mol. The summed E-state index contributed by atoms with van der Waals surface area (Å²) in [6, 6.07) is 0. The van der Waals surface area contributed by atoms with Gasteiger partial charge in [-0.1, -0.05) is 12.2 Å². The van der Waals surface area contributed by atoms with Crippen molar-refractivity contribution >= 4 is 17.2 Å². The third-order valence-electron chi connectivity index (χ3n) is 2.07. The van der Waals surface area contributed by atoms with Crippen LogP contribution in [0.4, 0.5) is 0 Å². The van der Waals surface area contributed by atoms with Crippen molar-refractivity contribution in [2.45, 2.75) is 0 Å². The molecule has 0 saturated carbocycles. The number of hydrogen-bond acceptors (Lipinski definition) is 4. The molecule has 0 saturated heterocycles. The quantitative estimate of drug-likeness (QED) is 0.537. The van der Waals surface area contributed by atoms with Gasteiger partial charge in [0.05, 0.1) is 11.8 Å². The maximum atomic E-state index is 11.4. The van der Waals surface area contributed by atoms with Crippen LogP contribution in [0.25, 0.3) is 5.82 Å². The van der Waals surface area contributed by atoms with E-state index < -0.39 is 11.4 Å². The molecule has 84 valence electrons.